The van der Waals surface area contributed by atoms with Gasteiger partial charge < -0.3 is 15.3 Å². The van der Waals surface area contributed by atoms with Crippen molar-refractivity contribution in [2.45, 2.75) is 40.0 Å². The number of hydrogen-bond acceptors (Lipinski definition) is 7. The highest BCUT2D eigenvalue weighted by Crippen LogP contribution is 2.59. The monoisotopic (exact) mass is 436 g/mol. The maximum atomic E-state index is 12.2. The first-order valence-electron chi connectivity index (χ1n) is 11.0. The van der Waals surface area contributed by atoms with Crippen molar-refractivity contribution in [3.05, 3.63) is 46.6 Å². The van der Waals surface area contributed by atoms with Gasteiger partial charge in [-0.25, -0.2) is 15.1 Å². The summed E-state index contributed by atoms with van der Waals surface area (Å²) in [5.41, 5.74) is 2.10. The van der Waals surface area contributed by atoms with Gasteiger partial charge in [0.1, 0.15) is 22.5 Å². The lowest BCUT2D eigenvalue weighted by molar-refractivity contribution is -0.139. The van der Waals surface area contributed by atoms with Crippen LogP contribution in [0.15, 0.2) is 35.3 Å². The van der Waals surface area contributed by atoms with Crippen LogP contribution in [0.25, 0.3) is 10.9 Å². The topological polar surface area (TPSA) is 124 Å². The van der Waals surface area contributed by atoms with Crippen molar-refractivity contribution in [1.82, 2.24) is 20.2 Å². The minimum Gasteiger partial charge on any atom is -0.481 e. The van der Waals surface area contributed by atoms with E-state index in [0.29, 0.717) is 22.5 Å². The standard InChI is InChI=1S/C21H22N6O3.C2H6/c1-12-23-16-11-22-26-19(28)17(16)18(24-12)25-13-2-4-14(5-3-13)27-8-6-21(7-9-27)10-15(21)20(29)30;1-2/h2-5,11,15H,6-10H2,1H3,(H,26,28)(H,29,30)(H,23,24,25);1-2H3. The predicted octanol–water partition coefficient (Wildman–Crippen LogP) is 3.48. The van der Waals surface area contributed by atoms with Crippen LogP contribution in [0.3, 0.4) is 0 Å². The van der Waals surface area contributed by atoms with Crippen LogP contribution in [0.5, 0.6) is 0 Å². The average molecular weight is 437 g/mol. The van der Waals surface area contributed by atoms with E-state index in [9.17, 15) is 14.7 Å². The Bertz CT molecular complexity index is 1180. The molecule has 1 atom stereocenters. The Morgan fingerprint density at radius 1 is 1.19 bits per heavy atom. The number of carbonyl (C=O) groups is 1. The fourth-order valence-corrected chi connectivity index (χ4v) is 4.56. The van der Waals surface area contributed by atoms with Crippen molar-refractivity contribution < 1.29 is 9.90 Å². The smallest absolute Gasteiger partial charge is 0.307 e. The van der Waals surface area contributed by atoms with Crippen LogP contribution in [-0.4, -0.2) is 44.3 Å². The molecule has 9 heteroatoms. The molecule has 2 aromatic heterocycles. The van der Waals surface area contributed by atoms with Crippen molar-refractivity contribution in [1.29, 1.82) is 0 Å². The number of rotatable bonds is 4. The summed E-state index contributed by atoms with van der Waals surface area (Å²) in [5.74, 6) is 0.190. The summed E-state index contributed by atoms with van der Waals surface area (Å²) >= 11 is 0. The van der Waals surface area contributed by atoms with Crippen LogP contribution in [0, 0.1) is 18.3 Å². The van der Waals surface area contributed by atoms with Gasteiger partial charge in [-0.15, -0.1) is 0 Å². The van der Waals surface area contributed by atoms with E-state index >= 15 is 0 Å². The lowest BCUT2D eigenvalue weighted by Crippen LogP contribution is -2.35. The molecule has 1 aromatic carbocycles. The lowest BCUT2D eigenvalue weighted by Gasteiger charge is -2.34. The number of carboxylic acids is 1. The molecule has 9 nitrogen and oxygen atoms in total. The van der Waals surface area contributed by atoms with E-state index in [4.69, 9.17) is 0 Å². The van der Waals surface area contributed by atoms with E-state index in [1.807, 2.05) is 38.1 Å². The summed E-state index contributed by atoms with van der Waals surface area (Å²) in [4.78, 5) is 34.4. The number of H-pyrrole nitrogens is 1. The Labute approximate surface area is 185 Å². The quantitative estimate of drug-likeness (QED) is 0.568. The molecule has 2 aliphatic rings. The van der Waals surface area contributed by atoms with E-state index in [0.717, 1.165) is 43.7 Å². The Hall–Kier alpha value is -3.49. The highest BCUT2D eigenvalue weighted by atomic mass is 16.4. The van der Waals surface area contributed by atoms with Gasteiger partial charge in [0.05, 0.1) is 12.1 Å². The molecule has 168 valence electrons. The van der Waals surface area contributed by atoms with Gasteiger partial charge in [-0.2, -0.15) is 5.10 Å². The third kappa shape index (κ3) is 4.02. The molecular weight excluding hydrogens is 408 g/mol. The summed E-state index contributed by atoms with van der Waals surface area (Å²) in [7, 11) is 0. The van der Waals surface area contributed by atoms with Crippen LogP contribution >= 0.6 is 0 Å². The number of aromatic amines is 1. The summed E-state index contributed by atoms with van der Waals surface area (Å²) < 4.78 is 0. The molecule has 0 radical (unpaired) electrons. The summed E-state index contributed by atoms with van der Waals surface area (Å²) in [5, 5.41) is 19.1. The maximum Gasteiger partial charge on any atom is 0.307 e. The molecule has 5 rings (SSSR count). The second-order valence-electron chi connectivity index (χ2n) is 8.20. The molecule has 1 saturated heterocycles. The normalized spacial score (nSPS) is 18.7. The molecule has 1 spiro atoms. The maximum absolute atomic E-state index is 12.2. The van der Waals surface area contributed by atoms with Crippen molar-refractivity contribution in [3.8, 4) is 0 Å². The Balaban J connectivity index is 0.00000119. The zero-order valence-electron chi connectivity index (χ0n) is 18.6. The van der Waals surface area contributed by atoms with Gasteiger partial charge >= 0.3 is 5.97 Å². The molecule has 3 N–H and O–H groups in total. The summed E-state index contributed by atoms with van der Waals surface area (Å²) in [6.45, 7) is 7.51. The van der Waals surface area contributed by atoms with Crippen molar-refractivity contribution in [2.75, 3.05) is 23.3 Å². The molecular formula is C23H28N6O3. The second kappa shape index (κ2) is 8.57. The number of nitrogens with one attached hydrogen (secondary N) is 2. The van der Waals surface area contributed by atoms with Gasteiger partial charge in [0.2, 0.25) is 0 Å². The molecule has 0 bridgehead atoms. The highest BCUT2D eigenvalue weighted by Gasteiger charge is 2.58. The number of hydrogen-bond donors (Lipinski definition) is 3. The molecule has 1 saturated carbocycles. The second-order valence-corrected chi connectivity index (χ2v) is 8.20. The van der Waals surface area contributed by atoms with Gasteiger partial charge in [0.15, 0.2) is 0 Å². The van der Waals surface area contributed by atoms with Gasteiger partial charge in [-0.1, -0.05) is 13.8 Å². The predicted molar refractivity (Wildman–Crippen MR) is 123 cm³/mol. The van der Waals surface area contributed by atoms with Gasteiger partial charge in [-0.3, -0.25) is 9.59 Å². The summed E-state index contributed by atoms with van der Waals surface area (Å²) in [6, 6.07) is 7.97. The number of aromatic nitrogens is 4. The number of aryl methyl sites for hydroxylation is 1. The highest BCUT2D eigenvalue weighted by molar-refractivity contribution is 5.89. The van der Waals surface area contributed by atoms with E-state index in [-0.39, 0.29) is 16.9 Å². The Morgan fingerprint density at radius 2 is 1.88 bits per heavy atom. The van der Waals surface area contributed by atoms with Gasteiger partial charge in [0, 0.05) is 24.5 Å². The average Bonchev–Trinajstić information content (AvgIpc) is 3.50. The Kier molecular flexibility index (Phi) is 5.82. The minimum atomic E-state index is -0.652. The molecule has 3 aromatic rings. The zero-order chi connectivity index (χ0) is 22.9. The largest absolute Gasteiger partial charge is 0.481 e. The number of aliphatic carboxylic acids is 1. The molecule has 1 aliphatic carbocycles. The number of carboxylic acid groups (broad SMARTS) is 1. The van der Waals surface area contributed by atoms with Crippen LogP contribution in [0.1, 0.15) is 38.9 Å². The number of benzene rings is 1. The van der Waals surface area contributed by atoms with Crippen LogP contribution < -0.4 is 15.8 Å². The molecule has 32 heavy (non-hydrogen) atoms. The van der Waals surface area contributed by atoms with Crippen molar-refractivity contribution in [3.63, 3.8) is 0 Å². The first-order chi connectivity index (χ1) is 15.4. The van der Waals surface area contributed by atoms with E-state index in [2.05, 4.69) is 30.4 Å². The van der Waals surface area contributed by atoms with Crippen LogP contribution in [0.2, 0.25) is 0 Å². The lowest BCUT2D eigenvalue weighted by atomic mass is 9.90. The van der Waals surface area contributed by atoms with E-state index in [1.165, 1.54) is 6.20 Å². The molecule has 1 unspecified atom stereocenters. The van der Waals surface area contributed by atoms with E-state index < -0.39 is 5.97 Å². The number of piperidine rings is 1. The first-order valence-corrected chi connectivity index (χ1v) is 11.0. The fourth-order valence-electron chi connectivity index (χ4n) is 4.56. The van der Waals surface area contributed by atoms with Gasteiger partial charge in [0.25, 0.3) is 5.56 Å². The molecule has 3 heterocycles. The number of anilines is 3. The molecule has 1 aliphatic heterocycles. The summed E-state index contributed by atoms with van der Waals surface area (Å²) in [6.07, 6.45) is 4.18. The van der Waals surface area contributed by atoms with Crippen molar-refractivity contribution in [2.24, 2.45) is 11.3 Å². The minimum absolute atomic E-state index is 0.0255. The number of nitrogens with zero attached hydrogens (tertiary/aromatic N) is 4. The third-order valence-electron chi connectivity index (χ3n) is 6.37. The first kappa shape index (κ1) is 21.7. The number of fused-ring (bicyclic) bond motifs is 1. The SMILES string of the molecule is CC.Cc1nc(Nc2ccc(N3CCC4(CC3)CC4C(=O)O)cc2)c2c(=O)[nH]ncc2n1. The van der Waals surface area contributed by atoms with Crippen LogP contribution in [-0.2, 0) is 4.79 Å². The molecule has 0 amide bonds. The molecule has 2 fully saturated rings. The van der Waals surface area contributed by atoms with E-state index in [1.54, 1.807) is 6.92 Å². The fraction of sp³-hybridized carbons (Fsp3) is 0.435. The Morgan fingerprint density at radius 3 is 2.50 bits per heavy atom. The van der Waals surface area contributed by atoms with Gasteiger partial charge in [-0.05, 0) is 55.9 Å². The zero-order valence-corrected chi connectivity index (χ0v) is 18.6. The third-order valence-corrected chi connectivity index (χ3v) is 6.37. The van der Waals surface area contributed by atoms with Crippen molar-refractivity contribution >= 4 is 34.1 Å². The van der Waals surface area contributed by atoms with Crippen LogP contribution in [0.4, 0.5) is 17.2 Å².